The first kappa shape index (κ1) is 20.6. The first-order chi connectivity index (χ1) is 12.5. The monoisotopic (exact) mass is 379 g/mol. The lowest BCUT2D eigenvalue weighted by molar-refractivity contribution is 0.250. The molecule has 1 atom stereocenters. The van der Waals surface area contributed by atoms with Crippen LogP contribution >= 0.6 is 11.6 Å². The number of primary amides is 1. The van der Waals surface area contributed by atoms with E-state index in [0.29, 0.717) is 17.1 Å². The van der Waals surface area contributed by atoms with E-state index in [4.69, 9.17) is 17.3 Å². The summed E-state index contributed by atoms with van der Waals surface area (Å²) in [5, 5.41) is 0.662. The van der Waals surface area contributed by atoms with Gasteiger partial charge in [0.15, 0.2) is 0 Å². The fourth-order valence-corrected chi connectivity index (χ4v) is 4.16. The van der Waals surface area contributed by atoms with E-state index in [9.17, 15) is 9.59 Å². The third-order valence-electron chi connectivity index (χ3n) is 5.06. The summed E-state index contributed by atoms with van der Waals surface area (Å²) in [6.45, 7) is 6.73. The average Bonchev–Trinajstić information content (AvgIpc) is 2.89. The standard InChI is InChI=1S/C20H30ClN3O2/c1-4-7-8-9-11-14(10-5-2)17-15(21)12-13-16-18(17)23(6-3)20(26)24(16)19(22)25/h12-14H,4-11H2,1-3H3,(H2,22,25). The van der Waals surface area contributed by atoms with Crippen LogP contribution in [0.25, 0.3) is 11.0 Å². The molecule has 1 aromatic carbocycles. The number of hydrogen-bond acceptors (Lipinski definition) is 2. The Morgan fingerprint density at radius 2 is 1.85 bits per heavy atom. The summed E-state index contributed by atoms with van der Waals surface area (Å²) in [6.07, 6.45) is 7.85. The molecule has 0 bridgehead atoms. The molecule has 0 saturated carbocycles. The molecule has 2 aromatic rings. The van der Waals surface area contributed by atoms with Gasteiger partial charge in [-0.15, -0.1) is 0 Å². The third-order valence-corrected chi connectivity index (χ3v) is 5.39. The van der Waals surface area contributed by atoms with E-state index in [1.165, 1.54) is 19.3 Å². The number of benzene rings is 1. The number of aryl methyl sites for hydroxylation is 1. The van der Waals surface area contributed by atoms with Crippen molar-refractivity contribution < 1.29 is 4.79 Å². The molecular formula is C20H30ClN3O2. The molecular weight excluding hydrogens is 350 g/mol. The van der Waals surface area contributed by atoms with Gasteiger partial charge in [0.25, 0.3) is 0 Å². The van der Waals surface area contributed by atoms with Crippen LogP contribution in [0.3, 0.4) is 0 Å². The molecule has 26 heavy (non-hydrogen) atoms. The Balaban J connectivity index is 2.63. The number of halogens is 1. The predicted octanol–water partition coefficient (Wildman–Crippen LogP) is 5.26. The Morgan fingerprint density at radius 3 is 2.42 bits per heavy atom. The third kappa shape index (κ3) is 3.98. The lowest BCUT2D eigenvalue weighted by atomic mass is 9.88. The van der Waals surface area contributed by atoms with E-state index in [-0.39, 0.29) is 11.6 Å². The van der Waals surface area contributed by atoms with E-state index >= 15 is 0 Å². The molecule has 2 rings (SSSR count). The highest BCUT2D eigenvalue weighted by molar-refractivity contribution is 6.32. The van der Waals surface area contributed by atoms with Gasteiger partial charge >= 0.3 is 11.7 Å². The van der Waals surface area contributed by atoms with Crippen LogP contribution in [0, 0.1) is 0 Å². The molecule has 144 valence electrons. The fraction of sp³-hybridized carbons (Fsp3) is 0.600. The van der Waals surface area contributed by atoms with Gasteiger partial charge in [0.1, 0.15) is 0 Å². The number of hydrogen-bond donors (Lipinski definition) is 1. The molecule has 0 aliphatic heterocycles. The first-order valence-corrected chi connectivity index (χ1v) is 10.1. The molecule has 2 N–H and O–H groups in total. The summed E-state index contributed by atoms with van der Waals surface area (Å²) in [6, 6.07) is 2.75. The van der Waals surface area contributed by atoms with Crippen LogP contribution in [0.2, 0.25) is 5.02 Å². The molecule has 0 radical (unpaired) electrons. The average molecular weight is 380 g/mol. The first-order valence-electron chi connectivity index (χ1n) is 9.71. The molecule has 1 aromatic heterocycles. The van der Waals surface area contributed by atoms with Crippen LogP contribution < -0.4 is 11.4 Å². The van der Waals surface area contributed by atoms with Crippen molar-refractivity contribution in [2.45, 2.75) is 78.2 Å². The number of nitrogens with zero attached hydrogens (tertiary/aromatic N) is 2. The number of carbonyl (C=O) groups is 1. The van der Waals surface area contributed by atoms with Crippen molar-refractivity contribution in [2.75, 3.05) is 0 Å². The Labute approximate surface area is 160 Å². The molecule has 1 amide bonds. The number of amides is 1. The van der Waals surface area contributed by atoms with Crippen molar-refractivity contribution in [3.63, 3.8) is 0 Å². The minimum absolute atomic E-state index is 0.272. The number of rotatable bonds is 9. The van der Waals surface area contributed by atoms with E-state index < -0.39 is 6.03 Å². The second kappa shape index (κ2) is 9.26. The Morgan fingerprint density at radius 1 is 1.12 bits per heavy atom. The fourth-order valence-electron chi connectivity index (χ4n) is 3.85. The minimum Gasteiger partial charge on any atom is -0.351 e. The Kier molecular flexibility index (Phi) is 7.33. The summed E-state index contributed by atoms with van der Waals surface area (Å²) >= 11 is 6.60. The maximum atomic E-state index is 12.7. The lowest BCUT2D eigenvalue weighted by Gasteiger charge is -2.20. The number of nitrogens with two attached hydrogens (primary N) is 1. The van der Waals surface area contributed by atoms with Crippen molar-refractivity contribution >= 4 is 28.7 Å². The van der Waals surface area contributed by atoms with E-state index in [1.807, 2.05) is 6.92 Å². The quantitative estimate of drug-likeness (QED) is 0.604. The topological polar surface area (TPSA) is 70.0 Å². The van der Waals surface area contributed by atoms with Crippen molar-refractivity contribution in [1.29, 1.82) is 0 Å². The van der Waals surface area contributed by atoms with Crippen molar-refractivity contribution in [3.05, 3.63) is 33.2 Å². The number of carbonyl (C=O) groups excluding carboxylic acids is 1. The summed E-state index contributed by atoms with van der Waals surface area (Å²) in [5.41, 5.74) is 7.38. The lowest BCUT2D eigenvalue weighted by Crippen LogP contribution is -2.32. The number of fused-ring (bicyclic) bond motifs is 1. The van der Waals surface area contributed by atoms with Gasteiger partial charge < -0.3 is 5.73 Å². The van der Waals surface area contributed by atoms with E-state index in [2.05, 4.69) is 13.8 Å². The molecule has 5 nitrogen and oxygen atoms in total. The van der Waals surface area contributed by atoms with Gasteiger partial charge in [-0.25, -0.2) is 14.2 Å². The second-order valence-electron chi connectivity index (χ2n) is 6.86. The van der Waals surface area contributed by atoms with E-state index in [0.717, 1.165) is 41.3 Å². The molecule has 0 spiro atoms. The zero-order valence-corrected chi connectivity index (χ0v) is 16.8. The van der Waals surface area contributed by atoms with Crippen LogP contribution in [0.5, 0.6) is 0 Å². The molecule has 1 heterocycles. The highest BCUT2D eigenvalue weighted by Gasteiger charge is 2.24. The normalized spacial score (nSPS) is 12.6. The summed E-state index contributed by atoms with van der Waals surface area (Å²) in [4.78, 5) is 24.5. The van der Waals surface area contributed by atoms with Crippen LogP contribution in [-0.2, 0) is 6.54 Å². The summed E-state index contributed by atoms with van der Waals surface area (Å²) in [5.74, 6) is 0.272. The van der Waals surface area contributed by atoms with Gasteiger partial charge in [-0.3, -0.25) is 4.57 Å². The van der Waals surface area contributed by atoms with Crippen molar-refractivity contribution in [3.8, 4) is 0 Å². The molecule has 0 saturated heterocycles. The number of unbranched alkanes of at least 4 members (excludes halogenated alkanes) is 3. The maximum Gasteiger partial charge on any atom is 0.337 e. The molecule has 0 aliphatic carbocycles. The Hall–Kier alpha value is -1.75. The predicted molar refractivity (Wildman–Crippen MR) is 108 cm³/mol. The van der Waals surface area contributed by atoms with Crippen LogP contribution in [0.1, 0.15) is 77.2 Å². The highest BCUT2D eigenvalue weighted by atomic mass is 35.5. The molecule has 0 fully saturated rings. The SMILES string of the molecule is CCCCCCC(CCC)c1c(Cl)ccc2c1n(CC)c(=O)n2C(N)=O. The van der Waals surface area contributed by atoms with Gasteiger partial charge in [-0.2, -0.15) is 0 Å². The number of imidazole rings is 1. The van der Waals surface area contributed by atoms with Gasteiger partial charge in [0.05, 0.1) is 11.0 Å². The molecule has 0 aliphatic rings. The minimum atomic E-state index is -0.754. The van der Waals surface area contributed by atoms with Crippen LogP contribution in [-0.4, -0.2) is 15.2 Å². The largest absolute Gasteiger partial charge is 0.351 e. The zero-order valence-electron chi connectivity index (χ0n) is 16.1. The van der Waals surface area contributed by atoms with Gasteiger partial charge in [0, 0.05) is 11.6 Å². The summed E-state index contributed by atoms with van der Waals surface area (Å²) < 4.78 is 2.68. The smallest absolute Gasteiger partial charge is 0.337 e. The zero-order chi connectivity index (χ0) is 19.3. The van der Waals surface area contributed by atoms with Crippen molar-refractivity contribution in [1.82, 2.24) is 9.13 Å². The number of aromatic nitrogens is 2. The summed E-state index contributed by atoms with van der Waals surface area (Å²) in [7, 11) is 0. The Bertz CT molecular complexity index is 823. The second-order valence-corrected chi connectivity index (χ2v) is 7.27. The van der Waals surface area contributed by atoms with Crippen LogP contribution in [0.4, 0.5) is 4.79 Å². The van der Waals surface area contributed by atoms with E-state index in [1.54, 1.807) is 16.7 Å². The molecule has 6 heteroatoms. The highest BCUT2D eigenvalue weighted by Crippen LogP contribution is 2.37. The maximum absolute atomic E-state index is 12.7. The van der Waals surface area contributed by atoms with Gasteiger partial charge in [0.2, 0.25) is 0 Å². The van der Waals surface area contributed by atoms with Gasteiger partial charge in [-0.05, 0) is 43.4 Å². The van der Waals surface area contributed by atoms with Crippen LogP contribution in [0.15, 0.2) is 16.9 Å². The molecule has 1 unspecified atom stereocenters. The van der Waals surface area contributed by atoms with Gasteiger partial charge in [-0.1, -0.05) is 57.6 Å². The van der Waals surface area contributed by atoms with Crippen molar-refractivity contribution in [2.24, 2.45) is 5.73 Å².